The fraction of sp³-hybridized carbons (Fsp3) is 0.684. The van der Waals surface area contributed by atoms with Gasteiger partial charge in [-0.05, 0) is 56.6 Å². The van der Waals surface area contributed by atoms with E-state index in [1.54, 1.807) is 0 Å². The standard InChI is InChI=1S/C19H28O2/c1-13(2)9-15-5-4-8-19(11-15)12-17(20)16-10-14(3)6-7-18(16)21-19/h6-7,10,13,15,17,20H,4-5,8-9,11-12H2,1-3H3. The van der Waals surface area contributed by atoms with Gasteiger partial charge in [-0.25, -0.2) is 0 Å². The van der Waals surface area contributed by atoms with Crippen LogP contribution in [0.1, 0.15) is 69.6 Å². The molecule has 3 atom stereocenters. The van der Waals surface area contributed by atoms with Gasteiger partial charge in [-0.3, -0.25) is 0 Å². The molecule has 1 saturated carbocycles. The van der Waals surface area contributed by atoms with Crippen molar-refractivity contribution in [2.75, 3.05) is 0 Å². The summed E-state index contributed by atoms with van der Waals surface area (Å²) < 4.78 is 6.44. The maximum absolute atomic E-state index is 10.6. The first-order valence-corrected chi connectivity index (χ1v) is 8.45. The van der Waals surface area contributed by atoms with Crippen LogP contribution in [-0.4, -0.2) is 10.7 Å². The third-order valence-electron chi connectivity index (χ3n) is 5.13. The zero-order valence-electron chi connectivity index (χ0n) is 13.6. The molecule has 1 aliphatic carbocycles. The summed E-state index contributed by atoms with van der Waals surface area (Å²) in [7, 11) is 0. The number of ether oxygens (including phenoxy) is 1. The lowest BCUT2D eigenvalue weighted by Crippen LogP contribution is -2.45. The van der Waals surface area contributed by atoms with Crippen LogP contribution in [0.5, 0.6) is 5.75 Å². The highest BCUT2D eigenvalue weighted by molar-refractivity contribution is 5.41. The van der Waals surface area contributed by atoms with Crippen molar-refractivity contribution in [2.24, 2.45) is 11.8 Å². The van der Waals surface area contributed by atoms with Crippen LogP contribution in [0.25, 0.3) is 0 Å². The van der Waals surface area contributed by atoms with Gasteiger partial charge < -0.3 is 9.84 Å². The number of aryl methyl sites for hydroxylation is 1. The second kappa shape index (κ2) is 5.64. The van der Waals surface area contributed by atoms with Crippen molar-refractivity contribution in [3.05, 3.63) is 29.3 Å². The lowest BCUT2D eigenvalue weighted by atomic mass is 9.71. The fourth-order valence-corrected chi connectivity index (χ4v) is 4.35. The molecule has 21 heavy (non-hydrogen) atoms. The minimum atomic E-state index is -0.369. The Labute approximate surface area is 128 Å². The Morgan fingerprint density at radius 2 is 2.14 bits per heavy atom. The van der Waals surface area contributed by atoms with Crippen molar-refractivity contribution in [1.29, 1.82) is 0 Å². The maximum atomic E-state index is 10.6. The molecule has 2 aliphatic rings. The highest BCUT2D eigenvalue weighted by Crippen LogP contribution is 2.48. The molecule has 0 radical (unpaired) electrons. The largest absolute Gasteiger partial charge is 0.487 e. The number of benzene rings is 1. The molecular formula is C19H28O2. The lowest BCUT2D eigenvalue weighted by molar-refractivity contribution is -0.0538. The molecule has 1 spiro atoms. The second-order valence-electron chi connectivity index (χ2n) is 7.64. The summed E-state index contributed by atoms with van der Waals surface area (Å²) in [5, 5.41) is 10.6. The second-order valence-corrected chi connectivity index (χ2v) is 7.64. The van der Waals surface area contributed by atoms with Crippen LogP contribution in [0.15, 0.2) is 18.2 Å². The summed E-state index contributed by atoms with van der Waals surface area (Å²) >= 11 is 0. The zero-order valence-corrected chi connectivity index (χ0v) is 13.6. The first-order valence-electron chi connectivity index (χ1n) is 8.45. The molecule has 116 valence electrons. The van der Waals surface area contributed by atoms with Gasteiger partial charge in [-0.15, -0.1) is 0 Å². The molecular weight excluding hydrogens is 260 g/mol. The van der Waals surface area contributed by atoms with E-state index >= 15 is 0 Å². The predicted octanol–water partition coefficient (Wildman–Crippen LogP) is 4.79. The Morgan fingerprint density at radius 1 is 1.33 bits per heavy atom. The molecule has 1 aromatic rings. The average Bonchev–Trinajstić information content (AvgIpc) is 2.39. The van der Waals surface area contributed by atoms with E-state index in [0.717, 1.165) is 42.4 Å². The summed E-state index contributed by atoms with van der Waals surface area (Å²) in [6.07, 6.45) is 6.42. The van der Waals surface area contributed by atoms with Crippen molar-refractivity contribution >= 4 is 0 Å². The average molecular weight is 288 g/mol. The maximum Gasteiger partial charge on any atom is 0.125 e. The van der Waals surface area contributed by atoms with Crippen LogP contribution >= 0.6 is 0 Å². The zero-order chi connectivity index (χ0) is 15.0. The number of rotatable bonds is 2. The summed E-state index contributed by atoms with van der Waals surface area (Å²) in [5.41, 5.74) is 2.04. The highest BCUT2D eigenvalue weighted by atomic mass is 16.5. The van der Waals surface area contributed by atoms with Gasteiger partial charge in [0.2, 0.25) is 0 Å². The third kappa shape index (κ3) is 3.11. The number of hydrogen-bond donors (Lipinski definition) is 1. The summed E-state index contributed by atoms with van der Waals surface area (Å²) in [6, 6.07) is 6.20. The quantitative estimate of drug-likeness (QED) is 0.848. The van der Waals surface area contributed by atoms with Gasteiger partial charge in [0.25, 0.3) is 0 Å². The van der Waals surface area contributed by atoms with Crippen molar-refractivity contribution in [3.8, 4) is 5.75 Å². The first-order chi connectivity index (χ1) is 9.97. The summed E-state index contributed by atoms with van der Waals surface area (Å²) in [5.74, 6) is 2.40. The molecule has 0 saturated heterocycles. The molecule has 2 heteroatoms. The minimum absolute atomic E-state index is 0.126. The Bertz CT molecular complexity index is 508. The molecule has 1 fully saturated rings. The van der Waals surface area contributed by atoms with Crippen molar-refractivity contribution < 1.29 is 9.84 Å². The van der Waals surface area contributed by atoms with E-state index in [4.69, 9.17) is 4.74 Å². The Kier molecular flexibility index (Phi) is 4.00. The van der Waals surface area contributed by atoms with Crippen LogP contribution < -0.4 is 4.74 Å². The number of hydrogen-bond acceptors (Lipinski definition) is 2. The smallest absolute Gasteiger partial charge is 0.125 e. The topological polar surface area (TPSA) is 29.5 Å². The SMILES string of the molecule is Cc1ccc2c(c1)C(O)CC1(CCCC(CC(C)C)C1)O2. The Hall–Kier alpha value is -1.02. The predicted molar refractivity (Wildman–Crippen MR) is 85.5 cm³/mol. The van der Waals surface area contributed by atoms with E-state index in [9.17, 15) is 5.11 Å². The van der Waals surface area contributed by atoms with Crippen LogP contribution in [0.3, 0.4) is 0 Å². The normalized spacial score (nSPS) is 32.0. The first kappa shape index (κ1) is 14.9. The van der Waals surface area contributed by atoms with E-state index in [1.165, 1.54) is 24.8 Å². The number of fused-ring (bicyclic) bond motifs is 1. The van der Waals surface area contributed by atoms with E-state index in [-0.39, 0.29) is 11.7 Å². The lowest BCUT2D eigenvalue weighted by Gasteiger charge is -2.46. The van der Waals surface area contributed by atoms with Gasteiger partial charge in [-0.2, -0.15) is 0 Å². The summed E-state index contributed by atoms with van der Waals surface area (Å²) in [4.78, 5) is 0. The van der Waals surface area contributed by atoms with Crippen LogP contribution in [-0.2, 0) is 0 Å². The van der Waals surface area contributed by atoms with Crippen molar-refractivity contribution in [2.45, 2.75) is 71.0 Å². The van der Waals surface area contributed by atoms with Crippen molar-refractivity contribution in [1.82, 2.24) is 0 Å². The molecule has 1 N–H and O–H groups in total. The van der Waals surface area contributed by atoms with Crippen LogP contribution in [0.4, 0.5) is 0 Å². The molecule has 3 rings (SSSR count). The van der Waals surface area contributed by atoms with Gasteiger partial charge in [-0.1, -0.05) is 31.9 Å². The highest BCUT2D eigenvalue weighted by Gasteiger charge is 2.43. The van der Waals surface area contributed by atoms with Gasteiger partial charge in [0, 0.05) is 12.0 Å². The molecule has 0 amide bonds. The van der Waals surface area contributed by atoms with Crippen LogP contribution in [0.2, 0.25) is 0 Å². The molecule has 2 nitrogen and oxygen atoms in total. The minimum Gasteiger partial charge on any atom is -0.487 e. The number of aliphatic hydroxyl groups is 1. The van der Waals surface area contributed by atoms with E-state index in [1.807, 2.05) is 6.07 Å². The third-order valence-corrected chi connectivity index (χ3v) is 5.13. The molecule has 1 aromatic carbocycles. The van der Waals surface area contributed by atoms with E-state index < -0.39 is 0 Å². The van der Waals surface area contributed by atoms with E-state index in [0.29, 0.717) is 0 Å². The van der Waals surface area contributed by atoms with Gasteiger partial charge >= 0.3 is 0 Å². The molecule has 1 aliphatic heterocycles. The molecule has 3 unspecified atom stereocenters. The monoisotopic (exact) mass is 288 g/mol. The Balaban J connectivity index is 1.82. The van der Waals surface area contributed by atoms with Gasteiger partial charge in [0.1, 0.15) is 11.4 Å². The van der Waals surface area contributed by atoms with E-state index in [2.05, 4.69) is 32.9 Å². The van der Waals surface area contributed by atoms with Gasteiger partial charge in [0.15, 0.2) is 0 Å². The Morgan fingerprint density at radius 3 is 2.90 bits per heavy atom. The summed E-state index contributed by atoms with van der Waals surface area (Å²) in [6.45, 7) is 6.67. The molecule has 0 bridgehead atoms. The number of aliphatic hydroxyl groups excluding tert-OH is 1. The molecule has 1 heterocycles. The van der Waals surface area contributed by atoms with Crippen molar-refractivity contribution in [3.63, 3.8) is 0 Å². The molecule has 0 aromatic heterocycles. The van der Waals surface area contributed by atoms with Gasteiger partial charge in [0.05, 0.1) is 6.10 Å². The fourth-order valence-electron chi connectivity index (χ4n) is 4.35. The van der Waals surface area contributed by atoms with Crippen LogP contribution in [0, 0.1) is 18.8 Å².